The molecule has 0 spiro atoms. The van der Waals surface area contributed by atoms with E-state index in [2.05, 4.69) is 22.0 Å². The van der Waals surface area contributed by atoms with Crippen LogP contribution < -0.4 is 0 Å². The second-order valence-electron chi connectivity index (χ2n) is 4.32. The summed E-state index contributed by atoms with van der Waals surface area (Å²) in [5.41, 5.74) is 1.07. The molecule has 0 N–H and O–H groups in total. The Morgan fingerprint density at radius 3 is 2.74 bits per heavy atom. The van der Waals surface area contributed by atoms with E-state index in [0.717, 1.165) is 14.9 Å². The molecule has 0 amide bonds. The molecule has 0 bridgehead atoms. The molecule has 2 heterocycles. The molecule has 1 aromatic rings. The predicted octanol–water partition coefficient (Wildman–Crippen LogP) is 4.20. The third-order valence-corrected chi connectivity index (χ3v) is 8.19. The lowest BCUT2D eigenvalue weighted by Gasteiger charge is -2.18. The van der Waals surface area contributed by atoms with E-state index >= 15 is 0 Å². The molecule has 0 aromatic heterocycles. The van der Waals surface area contributed by atoms with Crippen molar-refractivity contribution in [1.82, 2.24) is 0 Å². The highest BCUT2D eigenvalue weighted by Crippen LogP contribution is 2.45. The fourth-order valence-corrected chi connectivity index (χ4v) is 6.78. The molecule has 0 saturated carbocycles. The van der Waals surface area contributed by atoms with Gasteiger partial charge in [0.25, 0.3) is 0 Å². The van der Waals surface area contributed by atoms with Crippen molar-refractivity contribution >= 4 is 49.3 Å². The van der Waals surface area contributed by atoms with Gasteiger partial charge in [-0.1, -0.05) is 33.8 Å². The van der Waals surface area contributed by atoms with Crippen LogP contribution in [0.15, 0.2) is 54.9 Å². The van der Waals surface area contributed by atoms with Gasteiger partial charge in [-0.25, -0.2) is 8.42 Å². The molecule has 6 heteroatoms. The van der Waals surface area contributed by atoms with Crippen LogP contribution in [0.4, 0.5) is 0 Å². The maximum atomic E-state index is 11.9. The van der Waals surface area contributed by atoms with Crippen molar-refractivity contribution < 1.29 is 8.42 Å². The molecule has 1 atom stereocenters. The first-order valence-electron chi connectivity index (χ1n) is 5.78. The minimum Gasteiger partial charge on any atom is -0.223 e. The zero-order valence-corrected chi connectivity index (χ0v) is 13.9. The highest BCUT2D eigenvalue weighted by atomic mass is 79.9. The first-order chi connectivity index (χ1) is 9.06. The van der Waals surface area contributed by atoms with Gasteiger partial charge in [-0.05, 0) is 41.7 Å². The smallest absolute Gasteiger partial charge is 0.184 e. The molecule has 0 radical (unpaired) electrons. The van der Waals surface area contributed by atoms with Gasteiger partial charge in [-0.15, -0.1) is 11.8 Å². The van der Waals surface area contributed by atoms with E-state index in [4.69, 9.17) is 0 Å². The highest BCUT2D eigenvalue weighted by Gasteiger charge is 2.34. The molecule has 100 valence electrons. The summed E-state index contributed by atoms with van der Waals surface area (Å²) in [4.78, 5) is 1.15. The molecule has 0 saturated heterocycles. The molecule has 19 heavy (non-hydrogen) atoms. The lowest BCUT2D eigenvalue weighted by Crippen LogP contribution is -2.06. The lowest BCUT2D eigenvalue weighted by molar-refractivity contribution is 0.606. The summed E-state index contributed by atoms with van der Waals surface area (Å²) in [6.45, 7) is 0. The molecule has 1 aromatic carbocycles. The Kier molecular flexibility index (Phi) is 3.86. The predicted molar refractivity (Wildman–Crippen MR) is 85.9 cm³/mol. The molecular formula is C13H11BrO2S3. The molecule has 3 rings (SSSR count). The largest absolute Gasteiger partial charge is 0.223 e. The number of sulfone groups is 1. The van der Waals surface area contributed by atoms with E-state index in [9.17, 15) is 8.42 Å². The van der Waals surface area contributed by atoms with Crippen LogP contribution in [-0.4, -0.2) is 19.4 Å². The van der Waals surface area contributed by atoms with Gasteiger partial charge in [-0.3, -0.25) is 0 Å². The van der Waals surface area contributed by atoms with E-state index < -0.39 is 9.84 Å². The van der Waals surface area contributed by atoms with Crippen LogP contribution >= 0.6 is 39.5 Å². The average molecular weight is 375 g/mol. The van der Waals surface area contributed by atoms with Crippen LogP contribution in [0.1, 0.15) is 6.42 Å². The maximum absolute atomic E-state index is 11.9. The Morgan fingerprint density at radius 1 is 1.26 bits per heavy atom. The number of thioether (sulfide) groups is 2. The fourth-order valence-electron chi connectivity index (χ4n) is 2.11. The van der Waals surface area contributed by atoms with Crippen molar-refractivity contribution in [2.75, 3.05) is 5.75 Å². The Morgan fingerprint density at radius 2 is 2.00 bits per heavy atom. The van der Waals surface area contributed by atoms with Gasteiger partial charge in [0.1, 0.15) is 4.24 Å². The Bertz CT molecular complexity index is 660. The van der Waals surface area contributed by atoms with Gasteiger partial charge in [0.05, 0.1) is 11.0 Å². The molecular weight excluding hydrogens is 364 g/mol. The second kappa shape index (κ2) is 5.31. The summed E-state index contributed by atoms with van der Waals surface area (Å²) < 4.78 is 25.5. The van der Waals surface area contributed by atoms with Crippen molar-refractivity contribution in [1.29, 1.82) is 0 Å². The first-order valence-corrected chi connectivity index (χ1v) is 9.98. The Hall–Kier alpha value is -0.170. The van der Waals surface area contributed by atoms with E-state index in [1.807, 2.05) is 29.7 Å². The summed E-state index contributed by atoms with van der Waals surface area (Å²) in [5.74, 6) is 0.268. The van der Waals surface area contributed by atoms with Crippen LogP contribution in [0.25, 0.3) is 0 Å². The third-order valence-electron chi connectivity index (χ3n) is 3.03. The third kappa shape index (κ3) is 2.82. The summed E-state index contributed by atoms with van der Waals surface area (Å²) in [6, 6.07) is 8.11. The number of rotatable bonds is 2. The molecule has 0 fully saturated rings. The van der Waals surface area contributed by atoms with Gasteiger partial charge >= 0.3 is 0 Å². The van der Waals surface area contributed by atoms with Crippen LogP contribution in [0.3, 0.4) is 0 Å². The van der Waals surface area contributed by atoms with Crippen molar-refractivity contribution in [3.63, 3.8) is 0 Å². The molecule has 2 aliphatic heterocycles. The van der Waals surface area contributed by atoms with E-state index in [0.29, 0.717) is 10.7 Å². The van der Waals surface area contributed by atoms with Gasteiger partial charge in [0.2, 0.25) is 0 Å². The topological polar surface area (TPSA) is 34.1 Å². The Labute approximate surface area is 129 Å². The molecule has 0 aliphatic carbocycles. The second-order valence-corrected chi connectivity index (χ2v) is 9.67. The molecule has 2 aliphatic rings. The van der Waals surface area contributed by atoms with Crippen LogP contribution in [0.5, 0.6) is 0 Å². The van der Waals surface area contributed by atoms with E-state index in [1.165, 1.54) is 11.8 Å². The van der Waals surface area contributed by atoms with E-state index in [1.54, 1.807) is 11.8 Å². The number of hydrogen-bond donors (Lipinski definition) is 0. The van der Waals surface area contributed by atoms with Crippen LogP contribution in [0.2, 0.25) is 0 Å². The van der Waals surface area contributed by atoms with E-state index in [-0.39, 0.29) is 11.0 Å². The van der Waals surface area contributed by atoms with Gasteiger partial charge in [0.15, 0.2) is 9.84 Å². The summed E-state index contributed by atoms with van der Waals surface area (Å²) >= 11 is 6.47. The SMILES string of the molecule is O=S1(=O)CCC2=C1SC=CC2Sc1ccc(Br)cc1. The zero-order valence-electron chi connectivity index (χ0n) is 9.87. The maximum Gasteiger partial charge on any atom is 0.184 e. The van der Waals surface area contributed by atoms with Crippen molar-refractivity contribution in [3.05, 3.63) is 50.0 Å². The highest BCUT2D eigenvalue weighted by molar-refractivity contribution is 9.10. The zero-order chi connectivity index (χ0) is 13.5. The minimum absolute atomic E-state index is 0.148. The van der Waals surface area contributed by atoms with Gasteiger partial charge in [-0.2, -0.15) is 0 Å². The average Bonchev–Trinajstić information content (AvgIpc) is 2.70. The number of benzene rings is 1. The van der Waals surface area contributed by atoms with Gasteiger partial charge < -0.3 is 0 Å². The quantitative estimate of drug-likeness (QED) is 0.776. The van der Waals surface area contributed by atoms with Crippen LogP contribution in [-0.2, 0) is 9.84 Å². The van der Waals surface area contributed by atoms with Crippen LogP contribution in [0, 0.1) is 0 Å². The summed E-state index contributed by atoms with van der Waals surface area (Å²) in [6.07, 6.45) is 2.76. The van der Waals surface area contributed by atoms with Crippen molar-refractivity contribution in [2.45, 2.75) is 16.6 Å². The number of halogens is 1. The van der Waals surface area contributed by atoms with Gasteiger partial charge in [0, 0.05) is 9.37 Å². The van der Waals surface area contributed by atoms with Crippen molar-refractivity contribution in [3.8, 4) is 0 Å². The molecule has 1 unspecified atom stereocenters. The first kappa shape index (κ1) is 13.8. The standard InChI is InChI=1S/C13H11BrO2S3/c14-9-1-3-10(4-2-9)18-12-5-7-17-13-11(12)6-8-19(13,15)16/h1-5,7,12H,6,8H2. The molecule has 2 nitrogen and oxygen atoms in total. The monoisotopic (exact) mass is 374 g/mol. The lowest BCUT2D eigenvalue weighted by atomic mass is 10.1. The normalized spacial score (nSPS) is 24.6. The Balaban J connectivity index is 1.87. The summed E-state index contributed by atoms with van der Waals surface area (Å²) in [5, 5.41) is 2.05. The van der Waals surface area contributed by atoms with Crippen molar-refractivity contribution in [2.24, 2.45) is 0 Å². The fraction of sp³-hybridized carbons (Fsp3) is 0.231. The summed E-state index contributed by atoms with van der Waals surface area (Å²) in [7, 11) is -3.01. The minimum atomic E-state index is -3.01. The number of hydrogen-bond acceptors (Lipinski definition) is 4.